The Morgan fingerprint density at radius 2 is 1.69 bits per heavy atom. The Hall–Kier alpha value is -3.52. The fourth-order valence-electron chi connectivity index (χ4n) is 4.21. The molecule has 1 N–H and O–H groups in total. The van der Waals surface area contributed by atoms with Gasteiger partial charge in [-0.1, -0.05) is 18.2 Å². The summed E-state index contributed by atoms with van der Waals surface area (Å²) in [6.07, 6.45) is 0. The molecule has 2 heterocycles. The van der Waals surface area contributed by atoms with Crippen LogP contribution in [0, 0.1) is 23.4 Å². The van der Waals surface area contributed by atoms with E-state index in [2.05, 4.69) is 4.90 Å². The minimum Gasteiger partial charge on any atom is -0.508 e. The maximum atomic E-state index is 13.9. The van der Waals surface area contributed by atoms with Crippen LogP contribution in [0.15, 0.2) is 60.7 Å². The van der Waals surface area contributed by atoms with E-state index in [1.54, 1.807) is 13.0 Å². The van der Waals surface area contributed by atoms with Crippen LogP contribution >= 0.6 is 0 Å². The molecule has 0 saturated carbocycles. The van der Waals surface area contributed by atoms with Gasteiger partial charge in [-0.3, -0.25) is 9.29 Å². The number of fused-ring (bicyclic) bond motifs is 1. The van der Waals surface area contributed by atoms with Crippen LogP contribution in [-0.2, 0) is 0 Å². The van der Waals surface area contributed by atoms with Gasteiger partial charge in [-0.25, -0.2) is 13.2 Å². The molecule has 36 heavy (non-hydrogen) atoms. The molecule has 2 aliphatic heterocycles. The number of rotatable bonds is 6. The monoisotopic (exact) mass is 501 g/mol. The van der Waals surface area contributed by atoms with Gasteiger partial charge in [-0.2, -0.15) is 0 Å². The standard InChI is InChI=1S/C16H11F3O2.C12H16FNO/c1-8-11-6-10(20)2-3-15(11)21-7-12(8)16-13(18)4-9(17)5-14(16)19;13-8-11-9-14(10-11)6-7-15-12-4-2-1-3-5-12/h2-6,20H,7H2,1H3;1-5,11H,6-10H2. The quantitative estimate of drug-likeness (QED) is 0.415. The molecule has 3 aromatic rings. The molecule has 0 bridgehead atoms. The van der Waals surface area contributed by atoms with E-state index in [9.17, 15) is 22.7 Å². The highest BCUT2D eigenvalue weighted by molar-refractivity contribution is 5.94. The van der Waals surface area contributed by atoms with E-state index in [0.29, 0.717) is 41.2 Å². The molecule has 8 heteroatoms. The van der Waals surface area contributed by atoms with Gasteiger partial charge in [-0.15, -0.1) is 0 Å². The number of phenolic OH excluding ortho intramolecular Hbond substituents is 1. The fraction of sp³-hybridized carbons (Fsp3) is 0.286. The predicted molar refractivity (Wildman–Crippen MR) is 130 cm³/mol. The highest BCUT2D eigenvalue weighted by Gasteiger charge is 2.26. The van der Waals surface area contributed by atoms with Crippen molar-refractivity contribution in [2.24, 2.45) is 5.92 Å². The molecule has 1 fully saturated rings. The maximum Gasteiger partial charge on any atom is 0.136 e. The number of hydrogen-bond acceptors (Lipinski definition) is 4. The van der Waals surface area contributed by atoms with Crippen LogP contribution in [-0.4, -0.2) is 49.5 Å². The van der Waals surface area contributed by atoms with Crippen molar-refractivity contribution >= 4 is 11.1 Å². The number of aromatic hydroxyl groups is 1. The number of likely N-dealkylation sites (tertiary alicyclic amines) is 1. The molecular weight excluding hydrogens is 474 g/mol. The van der Waals surface area contributed by atoms with Crippen LogP contribution in [0.1, 0.15) is 18.1 Å². The number of ether oxygens (including phenoxy) is 2. The van der Waals surface area contributed by atoms with E-state index in [4.69, 9.17) is 9.47 Å². The molecule has 1 saturated heterocycles. The zero-order valence-electron chi connectivity index (χ0n) is 19.8. The molecule has 2 aliphatic rings. The second-order valence-electron chi connectivity index (χ2n) is 8.76. The van der Waals surface area contributed by atoms with E-state index in [0.717, 1.165) is 25.4 Å². The van der Waals surface area contributed by atoms with Crippen molar-refractivity contribution in [3.63, 3.8) is 0 Å². The normalized spacial score (nSPS) is 15.4. The van der Waals surface area contributed by atoms with Crippen LogP contribution in [0.2, 0.25) is 0 Å². The summed E-state index contributed by atoms with van der Waals surface area (Å²) < 4.78 is 64.0. The molecule has 3 aromatic carbocycles. The van der Waals surface area contributed by atoms with Gasteiger partial charge in [0.25, 0.3) is 0 Å². The highest BCUT2D eigenvalue weighted by Crippen LogP contribution is 2.39. The van der Waals surface area contributed by atoms with E-state index in [-0.39, 0.29) is 30.5 Å². The van der Waals surface area contributed by atoms with Crippen molar-refractivity contribution in [1.82, 2.24) is 4.90 Å². The molecule has 4 nitrogen and oxygen atoms in total. The number of phenols is 1. The van der Waals surface area contributed by atoms with Crippen LogP contribution in [0.5, 0.6) is 17.2 Å². The predicted octanol–water partition coefficient (Wildman–Crippen LogP) is 6.10. The first-order chi connectivity index (χ1) is 17.4. The maximum absolute atomic E-state index is 13.9. The first kappa shape index (κ1) is 25.6. The van der Waals surface area contributed by atoms with E-state index >= 15 is 0 Å². The van der Waals surface area contributed by atoms with Gasteiger partial charge in [-0.05, 0) is 42.8 Å². The van der Waals surface area contributed by atoms with Crippen LogP contribution in [0.25, 0.3) is 11.1 Å². The lowest BCUT2D eigenvalue weighted by Gasteiger charge is -2.37. The van der Waals surface area contributed by atoms with Gasteiger partial charge in [0, 0.05) is 48.8 Å². The lowest BCUT2D eigenvalue weighted by atomic mass is 9.93. The first-order valence-corrected chi connectivity index (χ1v) is 11.6. The summed E-state index contributed by atoms with van der Waals surface area (Å²) in [7, 11) is 0. The van der Waals surface area contributed by atoms with Crippen molar-refractivity contribution in [1.29, 1.82) is 0 Å². The fourth-order valence-corrected chi connectivity index (χ4v) is 4.21. The number of alkyl halides is 1. The third-order valence-electron chi connectivity index (χ3n) is 6.17. The van der Waals surface area contributed by atoms with Crippen molar-refractivity contribution in [2.75, 3.05) is 39.5 Å². The molecule has 5 rings (SSSR count). The Bertz CT molecular complexity index is 1200. The molecule has 0 aliphatic carbocycles. The Labute approximate surface area is 207 Å². The number of para-hydroxylation sites is 1. The second kappa shape index (κ2) is 11.5. The van der Waals surface area contributed by atoms with Gasteiger partial charge in [0.05, 0.1) is 12.2 Å². The van der Waals surface area contributed by atoms with Crippen molar-refractivity contribution in [3.8, 4) is 17.2 Å². The largest absolute Gasteiger partial charge is 0.508 e. The van der Waals surface area contributed by atoms with Crippen LogP contribution < -0.4 is 9.47 Å². The summed E-state index contributed by atoms with van der Waals surface area (Å²) in [5, 5.41) is 9.53. The summed E-state index contributed by atoms with van der Waals surface area (Å²) in [6.45, 7) is 4.81. The van der Waals surface area contributed by atoms with Crippen molar-refractivity contribution in [2.45, 2.75) is 6.92 Å². The third kappa shape index (κ3) is 5.99. The van der Waals surface area contributed by atoms with Gasteiger partial charge in [0.2, 0.25) is 0 Å². The molecule has 0 spiro atoms. The second-order valence-corrected chi connectivity index (χ2v) is 8.76. The molecule has 0 atom stereocenters. The van der Waals surface area contributed by atoms with Gasteiger partial charge in [0.15, 0.2) is 0 Å². The number of halogens is 4. The lowest BCUT2D eigenvalue weighted by molar-refractivity contribution is 0.0668. The summed E-state index contributed by atoms with van der Waals surface area (Å²) in [5.41, 5.74) is 1.13. The average molecular weight is 502 g/mol. The summed E-state index contributed by atoms with van der Waals surface area (Å²) in [5.74, 6) is -1.21. The SMILES string of the molecule is CC1=C(c2c(F)cc(F)cc2F)COc2ccc(O)cc21.FCC1CN(CCOc2ccccc2)C1. The molecule has 0 unspecified atom stereocenters. The Morgan fingerprint density at radius 3 is 2.36 bits per heavy atom. The topological polar surface area (TPSA) is 41.9 Å². The summed E-state index contributed by atoms with van der Waals surface area (Å²) in [4.78, 5) is 2.22. The molecule has 0 aromatic heterocycles. The van der Waals surface area contributed by atoms with Gasteiger partial charge in [0.1, 0.15) is 47.9 Å². The number of hydrogen-bond donors (Lipinski definition) is 1. The zero-order valence-corrected chi connectivity index (χ0v) is 19.8. The minimum atomic E-state index is -0.978. The number of allylic oxidation sites excluding steroid dienone is 1. The Morgan fingerprint density at radius 1 is 1.00 bits per heavy atom. The van der Waals surface area contributed by atoms with Gasteiger partial charge < -0.3 is 14.6 Å². The highest BCUT2D eigenvalue weighted by atomic mass is 19.1. The molecular formula is C28H27F4NO3. The Balaban J connectivity index is 0.000000179. The van der Waals surface area contributed by atoms with Crippen molar-refractivity contribution < 1.29 is 32.1 Å². The third-order valence-corrected chi connectivity index (χ3v) is 6.17. The minimum absolute atomic E-state index is 0.0247. The molecule has 0 radical (unpaired) electrons. The van der Waals surface area contributed by atoms with E-state index < -0.39 is 17.5 Å². The summed E-state index contributed by atoms with van der Waals surface area (Å²) >= 11 is 0. The van der Waals surface area contributed by atoms with Gasteiger partial charge >= 0.3 is 0 Å². The average Bonchev–Trinajstić information content (AvgIpc) is 2.83. The zero-order chi connectivity index (χ0) is 25.7. The number of nitrogens with zero attached hydrogens (tertiary/aromatic N) is 1. The summed E-state index contributed by atoms with van der Waals surface area (Å²) in [6, 6.07) is 15.6. The van der Waals surface area contributed by atoms with E-state index in [1.165, 1.54) is 12.1 Å². The molecule has 190 valence electrons. The Kier molecular flexibility index (Phi) is 8.15. The van der Waals surface area contributed by atoms with Crippen molar-refractivity contribution in [3.05, 3.63) is 89.2 Å². The van der Waals surface area contributed by atoms with Crippen LogP contribution in [0.4, 0.5) is 17.6 Å². The number of benzene rings is 3. The lowest BCUT2D eigenvalue weighted by Crippen LogP contribution is -2.49. The van der Waals surface area contributed by atoms with Crippen LogP contribution in [0.3, 0.4) is 0 Å². The smallest absolute Gasteiger partial charge is 0.136 e. The first-order valence-electron chi connectivity index (χ1n) is 11.6. The molecule has 0 amide bonds. The van der Waals surface area contributed by atoms with E-state index in [1.807, 2.05) is 30.3 Å².